The number of aromatic nitrogens is 2. The molecule has 4 heterocycles. The molecule has 1 spiro atoms. The lowest BCUT2D eigenvalue weighted by atomic mass is 9.84. The number of nitrogens with zero attached hydrogens (tertiary/aromatic N) is 2. The van der Waals surface area contributed by atoms with Gasteiger partial charge in [-0.2, -0.15) is 0 Å². The molecule has 184 valence electrons. The second kappa shape index (κ2) is 8.81. The average molecular weight is 504 g/mol. The fraction of sp³-hybridized carbons (Fsp3) is 0.259. The minimum Gasteiger partial charge on any atom is -0.457 e. The summed E-state index contributed by atoms with van der Waals surface area (Å²) < 4.78 is 5.87. The zero-order valence-electron chi connectivity index (χ0n) is 19.7. The number of rotatable bonds is 4. The van der Waals surface area contributed by atoms with Crippen molar-refractivity contribution in [2.24, 2.45) is 0 Å². The normalized spacial score (nSPS) is 17.9. The van der Waals surface area contributed by atoms with Crippen LogP contribution in [0.4, 0.5) is 11.4 Å². The number of fused-ring (bicyclic) bond motifs is 3. The third-order valence-corrected chi connectivity index (χ3v) is 7.49. The van der Waals surface area contributed by atoms with Crippen molar-refractivity contribution >= 4 is 39.9 Å². The van der Waals surface area contributed by atoms with E-state index in [0.717, 1.165) is 24.2 Å². The molecular weight excluding hydrogens is 478 g/mol. The molecule has 36 heavy (non-hydrogen) atoms. The predicted octanol–water partition coefficient (Wildman–Crippen LogP) is 4.92. The summed E-state index contributed by atoms with van der Waals surface area (Å²) in [7, 11) is 2.06. The molecule has 0 radical (unpaired) electrons. The number of aliphatic hydroxyl groups excluding tert-OH is 1. The number of amides is 1. The molecule has 2 aromatic heterocycles. The van der Waals surface area contributed by atoms with E-state index in [-0.39, 0.29) is 5.91 Å². The number of para-hydroxylation sites is 1. The lowest BCUT2D eigenvalue weighted by Crippen LogP contribution is -2.57. The van der Waals surface area contributed by atoms with Gasteiger partial charge in [-0.15, -0.1) is 0 Å². The van der Waals surface area contributed by atoms with E-state index in [4.69, 9.17) is 16.3 Å². The Morgan fingerprint density at radius 2 is 1.89 bits per heavy atom. The summed E-state index contributed by atoms with van der Waals surface area (Å²) >= 11 is 6.61. The van der Waals surface area contributed by atoms with Gasteiger partial charge in [-0.1, -0.05) is 35.9 Å². The first-order valence-corrected chi connectivity index (χ1v) is 12.3. The minimum absolute atomic E-state index is 0.0427. The summed E-state index contributed by atoms with van der Waals surface area (Å²) in [4.78, 5) is 22.9. The van der Waals surface area contributed by atoms with Crippen LogP contribution in [0.5, 0.6) is 11.5 Å². The average Bonchev–Trinajstić information content (AvgIpc) is 3.32. The summed E-state index contributed by atoms with van der Waals surface area (Å²) in [5, 5.41) is 19.1. The molecule has 8 nitrogen and oxygen atoms in total. The van der Waals surface area contributed by atoms with Crippen LogP contribution >= 0.6 is 11.6 Å². The van der Waals surface area contributed by atoms with E-state index in [2.05, 4.69) is 32.5 Å². The van der Waals surface area contributed by atoms with Crippen LogP contribution in [-0.4, -0.2) is 51.6 Å². The van der Waals surface area contributed by atoms with Gasteiger partial charge in [-0.25, -0.2) is 4.98 Å². The molecule has 0 bridgehead atoms. The zero-order valence-corrected chi connectivity index (χ0v) is 20.5. The minimum atomic E-state index is -1.02. The highest BCUT2D eigenvalue weighted by molar-refractivity contribution is 6.31. The fourth-order valence-electron chi connectivity index (χ4n) is 5.04. The SMILES string of the molecule is CN1CCC2(CC1)Nc1c(cnc3[nH]cc(C(O)c4ccc(Oc5ccccc5)cc4Cl)c13)NC2=O. The molecule has 2 aliphatic heterocycles. The number of halogens is 1. The molecule has 4 N–H and O–H groups in total. The Morgan fingerprint density at radius 1 is 1.11 bits per heavy atom. The number of benzene rings is 2. The highest BCUT2D eigenvalue weighted by atomic mass is 35.5. The largest absolute Gasteiger partial charge is 0.457 e. The Balaban J connectivity index is 1.35. The van der Waals surface area contributed by atoms with Crippen molar-refractivity contribution in [2.45, 2.75) is 24.5 Å². The lowest BCUT2D eigenvalue weighted by molar-refractivity contribution is -0.122. The van der Waals surface area contributed by atoms with Gasteiger partial charge in [0.15, 0.2) is 0 Å². The highest BCUT2D eigenvalue weighted by Gasteiger charge is 2.44. The number of nitrogens with one attached hydrogen (secondary N) is 3. The van der Waals surface area contributed by atoms with E-state index < -0.39 is 11.6 Å². The van der Waals surface area contributed by atoms with E-state index in [1.165, 1.54) is 0 Å². The van der Waals surface area contributed by atoms with Crippen LogP contribution in [0.25, 0.3) is 11.0 Å². The Labute approximate surface area is 213 Å². The number of aromatic amines is 1. The van der Waals surface area contributed by atoms with Crippen LogP contribution in [0, 0.1) is 0 Å². The maximum atomic E-state index is 13.1. The maximum absolute atomic E-state index is 13.1. The van der Waals surface area contributed by atoms with Gasteiger partial charge in [0, 0.05) is 30.4 Å². The molecule has 1 saturated heterocycles. The van der Waals surface area contributed by atoms with Crippen molar-refractivity contribution in [1.29, 1.82) is 0 Å². The molecule has 1 amide bonds. The summed E-state index contributed by atoms with van der Waals surface area (Å²) in [6.07, 6.45) is 3.75. The maximum Gasteiger partial charge on any atom is 0.250 e. The molecule has 2 aliphatic rings. The van der Waals surface area contributed by atoms with Crippen LogP contribution in [0.3, 0.4) is 0 Å². The molecule has 0 saturated carbocycles. The van der Waals surface area contributed by atoms with Crippen LogP contribution < -0.4 is 15.4 Å². The predicted molar refractivity (Wildman–Crippen MR) is 140 cm³/mol. The van der Waals surface area contributed by atoms with Crippen molar-refractivity contribution < 1.29 is 14.6 Å². The summed E-state index contributed by atoms with van der Waals surface area (Å²) in [6, 6.07) is 14.7. The van der Waals surface area contributed by atoms with E-state index >= 15 is 0 Å². The molecule has 0 aliphatic carbocycles. The molecule has 1 atom stereocenters. The molecular formula is C27H26ClN5O3. The smallest absolute Gasteiger partial charge is 0.250 e. The first-order valence-electron chi connectivity index (χ1n) is 11.9. The van der Waals surface area contributed by atoms with Gasteiger partial charge in [0.25, 0.3) is 0 Å². The van der Waals surface area contributed by atoms with Crippen molar-refractivity contribution in [3.8, 4) is 11.5 Å². The lowest BCUT2D eigenvalue weighted by Gasteiger charge is -2.43. The molecule has 4 aromatic rings. The van der Waals surface area contributed by atoms with Crippen molar-refractivity contribution in [3.05, 3.63) is 77.1 Å². The topological polar surface area (TPSA) is 103 Å². The van der Waals surface area contributed by atoms with Crippen LogP contribution in [-0.2, 0) is 4.79 Å². The Bertz CT molecular complexity index is 1450. The number of carbonyl (C=O) groups excluding carboxylic acids is 1. The van der Waals surface area contributed by atoms with Gasteiger partial charge in [0.2, 0.25) is 5.91 Å². The number of carbonyl (C=O) groups is 1. The summed E-state index contributed by atoms with van der Waals surface area (Å²) in [5.74, 6) is 1.24. The van der Waals surface area contributed by atoms with Crippen molar-refractivity contribution in [1.82, 2.24) is 14.9 Å². The number of aliphatic hydroxyl groups is 1. The number of pyridine rings is 1. The summed E-state index contributed by atoms with van der Waals surface area (Å²) in [5.41, 5.74) is 2.46. The number of anilines is 2. The van der Waals surface area contributed by atoms with Gasteiger partial charge < -0.3 is 30.4 Å². The van der Waals surface area contributed by atoms with Crippen LogP contribution in [0.15, 0.2) is 60.9 Å². The van der Waals surface area contributed by atoms with Gasteiger partial charge in [-0.3, -0.25) is 4.79 Å². The quantitative estimate of drug-likeness (QED) is 0.315. The van der Waals surface area contributed by atoms with Gasteiger partial charge in [0.05, 0.1) is 28.0 Å². The number of hydrogen-bond acceptors (Lipinski definition) is 6. The van der Waals surface area contributed by atoms with Crippen molar-refractivity contribution in [3.63, 3.8) is 0 Å². The van der Waals surface area contributed by atoms with Gasteiger partial charge in [-0.05, 0) is 44.2 Å². The molecule has 1 fully saturated rings. The van der Waals surface area contributed by atoms with E-state index in [9.17, 15) is 9.90 Å². The highest BCUT2D eigenvalue weighted by Crippen LogP contribution is 2.44. The van der Waals surface area contributed by atoms with Crippen LogP contribution in [0.2, 0.25) is 5.02 Å². The fourth-order valence-corrected chi connectivity index (χ4v) is 5.31. The number of likely N-dealkylation sites (tertiary alicyclic amines) is 1. The third kappa shape index (κ3) is 3.87. The third-order valence-electron chi connectivity index (χ3n) is 7.16. The monoisotopic (exact) mass is 503 g/mol. The van der Waals surface area contributed by atoms with Crippen LogP contribution in [0.1, 0.15) is 30.1 Å². The second-order valence-electron chi connectivity index (χ2n) is 9.48. The first-order chi connectivity index (χ1) is 17.4. The second-order valence-corrected chi connectivity index (χ2v) is 9.89. The molecule has 6 rings (SSSR count). The van der Waals surface area contributed by atoms with E-state index in [1.807, 2.05) is 30.3 Å². The Morgan fingerprint density at radius 3 is 2.64 bits per heavy atom. The number of piperidine rings is 1. The van der Waals surface area contributed by atoms with Gasteiger partial charge >= 0.3 is 0 Å². The molecule has 1 unspecified atom stereocenters. The zero-order chi connectivity index (χ0) is 24.9. The number of H-pyrrole nitrogens is 1. The Hall–Kier alpha value is -3.59. The van der Waals surface area contributed by atoms with E-state index in [1.54, 1.807) is 30.6 Å². The standard InChI is InChI=1S/C27H26ClN5O3/c1-33-11-9-27(10-12-33)26(35)31-21-15-30-25-22(23(21)32-27)19(14-29-25)24(34)18-8-7-17(13-20(18)28)36-16-5-3-2-4-6-16/h2-8,13-15,24,32,34H,9-12H2,1H3,(H,29,30)(H,31,35). The summed E-state index contributed by atoms with van der Waals surface area (Å²) in [6.45, 7) is 1.64. The number of hydrogen-bond donors (Lipinski definition) is 4. The van der Waals surface area contributed by atoms with Gasteiger partial charge in [0.1, 0.15) is 28.8 Å². The van der Waals surface area contributed by atoms with Crippen molar-refractivity contribution in [2.75, 3.05) is 30.8 Å². The molecule has 9 heteroatoms. The Kier molecular flexibility index (Phi) is 5.59. The number of ether oxygens (including phenoxy) is 1. The first kappa shape index (κ1) is 22.8. The molecule has 2 aromatic carbocycles. The van der Waals surface area contributed by atoms with E-state index in [0.29, 0.717) is 51.8 Å².